The van der Waals surface area contributed by atoms with Crippen molar-refractivity contribution in [2.45, 2.75) is 27.7 Å². The van der Waals surface area contributed by atoms with Crippen molar-refractivity contribution in [3.05, 3.63) is 68.8 Å². The van der Waals surface area contributed by atoms with Gasteiger partial charge < -0.3 is 10.1 Å². The topological polar surface area (TPSA) is 38.3 Å². The Labute approximate surface area is 166 Å². The van der Waals surface area contributed by atoms with E-state index in [0.29, 0.717) is 22.3 Å². The number of amides is 1. The Bertz CT molecular complexity index is 775. The molecule has 0 aliphatic heterocycles. The van der Waals surface area contributed by atoms with Crippen molar-refractivity contribution >= 4 is 35.2 Å². The molecule has 0 bridgehead atoms. The van der Waals surface area contributed by atoms with E-state index in [1.807, 2.05) is 58.1 Å². The first-order chi connectivity index (χ1) is 12.3. The van der Waals surface area contributed by atoms with Gasteiger partial charge in [0.05, 0.1) is 17.2 Å². The van der Waals surface area contributed by atoms with Gasteiger partial charge >= 0.3 is 0 Å². The van der Waals surface area contributed by atoms with E-state index in [0.717, 1.165) is 22.3 Å². The van der Waals surface area contributed by atoms with Crippen LogP contribution in [-0.4, -0.2) is 19.6 Å². The Kier molecular flexibility index (Phi) is 9.25. The van der Waals surface area contributed by atoms with Gasteiger partial charge in [-0.05, 0) is 39.3 Å². The Hall–Kier alpha value is -1.97. The van der Waals surface area contributed by atoms with Gasteiger partial charge in [0.15, 0.2) is 0 Å². The Morgan fingerprint density at radius 1 is 1.23 bits per heavy atom. The molecule has 5 heteroatoms. The Morgan fingerprint density at radius 3 is 2.54 bits per heavy atom. The van der Waals surface area contributed by atoms with Gasteiger partial charge in [-0.25, -0.2) is 0 Å². The molecule has 1 aromatic carbocycles. The molecule has 0 unspecified atom stereocenters. The molecule has 0 spiro atoms. The number of ether oxygens (including phenoxy) is 1. The Morgan fingerprint density at radius 2 is 1.92 bits per heavy atom. The van der Waals surface area contributed by atoms with Crippen molar-refractivity contribution in [2.24, 2.45) is 0 Å². The highest BCUT2D eigenvalue weighted by atomic mass is 35.5. The molecule has 0 atom stereocenters. The number of allylic oxidation sites excluding steroid dienone is 6. The zero-order valence-corrected chi connectivity index (χ0v) is 17.3. The summed E-state index contributed by atoms with van der Waals surface area (Å²) in [6, 6.07) is 1.76. The van der Waals surface area contributed by atoms with Crippen molar-refractivity contribution in [2.75, 3.05) is 13.7 Å². The smallest absolute Gasteiger partial charge is 0.244 e. The predicted molar refractivity (Wildman–Crippen MR) is 112 cm³/mol. The summed E-state index contributed by atoms with van der Waals surface area (Å²) in [5.41, 5.74) is 3.51. The van der Waals surface area contributed by atoms with Crippen LogP contribution in [0, 0.1) is 6.92 Å². The molecule has 1 amide bonds. The molecular formula is C21H25Cl2NO2. The summed E-state index contributed by atoms with van der Waals surface area (Å²) < 4.78 is 5.26. The van der Waals surface area contributed by atoms with Crippen LogP contribution in [0.5, 0.6) is 5.75 Å². The van der Waals surface area contributed by atoms with E-state index in [2.05, 4.69) is 5.32 Å². The van der Waals surface area contributed by atoms with Crippen molar-refractivity contribution in [1.82, 2.24) is 5.32 Å². The van der Waals surface area contributed by atoms with E-state index in [1.165, 1.54) is 0 Å². The third kappa shape index (κ3) is 6.74. The van der Waals surface area contributed by atoms with Crippen LogP contribution in [0.1, 0.15) is 31.9 Å². The zero-order valence-electron chi connectivity index (χ0n) is 15.8. The average molecular weight is 394 g/mol. The summed E-state index contributed by atoms with van der Waals surface area (Å²) in [5, 5.41) is 3.85. The van der Waals surface area contributed by atoms with Gasteiger partial charge in [-0.15, -0.1) is 0 Å². The summed E-state index contributed by atoms with van der Waals surface area (Å²) in [7, 11) is 1.59. The maximum atomic E-state index is 11.5. The normalized spacial score (nSPS) is 12.9. The molecule has 0 aliphatic rings. The first kappa shape index (κ1) is 22.1. The minimum absolute atomic E-state index is 0.0885. The lowest BCUT2D eigenvalue weighted by Crippen LogP contribution is -2.20. The van der Waals surface area contributed by atoms with Crippen LogP contribution < -0.4 is 10.1 Å². The standard InChI is InChI=1S/C21H25Cl2NO2/c1-6-24-20(25)12-15(3)9-7-8-14(2)10-11-17-18(22)13-19(26-5)16(4)21(17)23/h7-13H,6H2,1-5H3,(H,24,25). The van der Waals surface area contributed by atoms with Gasteiger partial charge in [0.25, 0.3) is 0 Å². The SMILES string of the molecule is CCNC(=O)C=C(C)C=CC=C(C)C=Cc1c(Cl)cc(OC)c(C)c1Cl. The first-order valence-electron chi connectivity index (χ1n) is 8.31. The molecule has 1 aromatic rings. The van der Waals surface area contributed by atoms with Crippen LogP contribution in [-0.2, 0) is 4.79 Å². The van der Waals surface area contributed by atoms with Crippen LogP contribution in [0.15, 0.2) is 47.6 Å². The molecule has 1 rings (SSSR count). The van der Waals surface area contributed by atoms with E-state index in [4.69, 9.17) is 27.9 Å². The zero-order chi connectivity index (χ0) is 19.7. The fourth-order valence-corrected chi connectivity index (χ4v) is 2.75. The molecule has 1 N–H and O–H groups in total. The molecule has 0 fully saturated rings. The van der Waals surface area contributed by atoms with Gasteiger partial charge in [0.2, 0.25) is 5.91 Å². The fraction of sp³-hybridized carbons (Fsp3) is 0.286. The van der Waals surface area contributed by atoms with Gasteiger partial charge in [-0.1, -0.05) is 59.2 Å². The van der Waals surface area contributed by atoms with E-state index in [9.17, 15) is 4.79 Å². The largest absolute Gasteiger partial charge is 0.496 e. The van der Waals surface area contributed by atoms with Crippen LogP contribution in [0.3, 0.4) is 0 Å². The van der Waals surface area contributed by atoms with Crippen molar-refractivity contribution in [3.63, 3.8) is 0 Å². The molecule has 0 heterocycles. The van der Waals surface area contributed by atoms with Crippen LogP contribution in [0.25, 0.3) is 6.08 Å². The molecule has 0 saturated carbocycles. The molecule has 0 radical (unpaired) electrons. The highest BCUT2D eigenvalue weighted by molar-refractivity contribution is 6.38. The number of carbonyl (C=O) groups excluding carboxylic acids is 1. The minimum Gasteiger partial charge on any atom is -0.496 e. The monoisotopic (exact) mass is 393 g/mol. The molecule has 0 saturated heterocycles. The molecule has 0 aromatic heterocycles. The van der Waals surface area contributed by atoms with Crippen LogP contribution in [0.2, 0.25) is 10.0 Å². The van der Waals surface area contributed by atoms with E-state index < -0.39 is 0 Å². The number of carbonyl (C=O) groups is 1. The van der Waals surface area contributed by atoms with Crippen LogP contribution in [0.4, 0.5) is 0 Å². The Balaban J connectivity index is 2.89. The summed E-state index contributed by atoms with van der Waals surface area (Å²) in [4.78, 5) is 11.5. The van der Waals surface area contributed by atoms with E-state index in [1.54, 1.807) is 19.3 Å². The summed E-state index contributed by atoms with van der Waals surface area (Å²) >= 11 is 12.7. The first-order valence-corrected chi connectivity index (χ1v) is 9.07. The number of hydrogen-bond donors (Lipinski definition) is 1. The lowest BCUT2D eigenvalue weighted by Gasteiger charge is -2.10. The second-order valence-corrected chi connectivity index (χ2v) is 6.58. The number of rotatable bonds is 7. The highest BCUT2D eigenvalue weighted by Gasteiger charge is 2.11. The molecular weight excluding hydrogens is 369 g/mol. The minimum atomic E-state index is -0.0885. The number of methoxy groups -OCH3 is 1. The second-order valence-electron chi connectivity index (χ2n) is 5.80. The number of likely N-dealkylation sites (N-methyl/N-ethyl adjacent to an activating group) is 1. The molecule has 0 aliphatic carbocycles. The maximum absolute atomic E-state index is 11.5. The average Bonchev–Trinajstić information content (AvgIpc) is 2.58. The summed E-state index contributed by atoms with van der Waals surface area (Å²) in [5.74, 6) is 0.580. The summed E-state index contributed by atoms with van der Waals surface area (Å²) in [6.45, 7) is 8.25. The number of halogens is 2. The van der Waals surface area contributed by atoms with Crippen LogP contribution >= 0.6 is 23.2 Å². The maximum Gasteiger partial charge on any atom is 0.244 e. The lowest BCUT2D eigenvalue weighted by atomic mass is 10.1. The molecule has 140 valence electrons. The number of hydrogen-bond acceptors (Lipinski definition) is 2. The highest BCUT2D eigenvalue weighted by Crippen LogP contribution is 2.35. The van der Waals surface area contributed by atoms with E-state index in [-0.39, 0.29) is 5.91 Å². The third-order valence-electron chi connectivity index (χ3n) is 3.61. The number of benzene rings is 1. The van der Waals surface area contributed by atoms with Gasteiger partial charge in [0, 0.05) is 23.7 Å². The van der Waals surface area contributed by atoms with E-state index >= 15 is 0 Å². The molecule has 3 nitrogen and oxygen atoms in total. The second kappa shape index (κ2) is 10.9. The van der Waals surface area contributed by atoms with Crippen molar-refractivity contribution in [3.8, 4) is 5.75 Å². The summed E-state index contributed by atoms with van der Waals surface area (Å²) in [6.07, 6.45) is 11.1. The van der Waals surface area contributed by atoms with Crippen molar-refractivity contribution in [1.29, 1.82) is 0 Å². The van der Waals surface area contributed by atoms with Gasteiger partial charge in [0.1, 0.15) is 5.75 Å². The predicted octanol–water partition coefficient (Wildman–Crippen LogP) is 5.91. The van der Waals surface area contributed by atoms with Crippen molar-refractivity contribution < 1.29 is 9.53 Å². The third-order valence-corrected chi connectivity index (χ3v) is 4.41. The quantitative estimate of drug-likeness (QED) is 0.461. The molecule has 26 heavy (non-hydrogen) atoms. The van der Waals surface area contributed by atoms with Gasteiger partial charge in [-0.3, -0.25) is 4.79 Å². The van der Waals surface area contributed by atoms with Gasteiger partial charge in [-0.2, -0.15) is 0 Å². The fourth-order valence-electron chi connectivity index (χ4n) is 2.18. The lowest BCUT2D eigenvalue weighted by molar-refractivity contribution is -0.116. The number of nitrogens with one attached hydrogen (secondary N) is 1.